The van der Waals surface area contributed by atoms with Gasteiger partial charge in [0.05, 0.1) is 50.6 Å². The van der Waals surface area contributed by atoms with Crippen molar-refractivity contribution in [2.45, 2.75) is 12.2 Å². The van der Waals surface area contributed by atoms with Gasteiger partial charge in [0.2, 0.25) is 24.8 Å². The van der Waals surface area contributed by atoms with E-state index in [9.17, 15) is 9.90 Å². The molecule has 0 bridgehead atoms. The highest BCUT2D eigenvalue weighted by atomic mass is 16.7. The lowest BCUT2D eigenvalue weighted by Crippen LogP contribution is -2.14. The van der Waals surface area contributed by atoms with Crippen LogP contribution in [0, 0.1) is 11.8 Å². The minimum atomic E-state index is -0.190. The largest absolute Gasteiger partial charge is 0.504 e. The summed E-state index contributed by atoms with van der Waals surface area (Å²) in [6, 6.07) is 22.2. The van der Waals surface area contributed by atoms with E-state index in [1.807, 2.05) is 24.3 Å². The monoisotopic (exact) mass is 652 g/mol. The number of rotatable bonds is 5. The first-order valence-electron chi connectivity index (χ1n) is 15.5. The van der Waals surface area contributed by atoms with E-state index in [1.165, 1.54) is 25.5 Å². The van der Waals surface area contributed by atoms with E-state index in [2.05, 4.69) is 12.1 Å². The van der Waals surface area contributed by atoms with Gasteiger partial charge in [-0.25, -0.2) is 0 Å². The fourth-order valence-electron chi connectivity index (χ4n) is 6.75. The van der Waals surface area contributed by atoms with Gasteiger partial charge in [0, 0.05) is 11.8 Å². The number of benzene rings is 4. The van der Waals surface area contributed by atoms with Crippen LogP contribution in [0.3, 0.4) is 0 Å². The molecule has 0 saturated carbocycles. The van der Waals surface area contributed by atoms with Crippen LogP contribution in [-0.4, -0.2) is 46.1 Å². The Bertz CT molecular complexity index is 1970. The molecule has 2 saturated heterocycles. The summed E-state index contributed by atoms with van der Waals surface area (Å²) in [6.45, 7) is 1.93. The predicted octanol–water partition coefficient (Wildman–Crippen LogP) is 6.40. The van der Waals surface area contributed by atoms with Crippen molar-refractivity contribution in [3.8, 4) is 51.4 Å². The van der Waals surface area contributed by atoms with Gasteiger partial charge in [0.25, 0.3) is 0 Å². The molecular weight excluding hydrogens is 620 g/mol. The molecule has 5 aromatic rings. The molecule has 4 unspecified atom stereocenters. The molecule has 246 valence electrons. The van der Waals surface area contributed by atoms with Crippen molar-refractivity contribution in [2.24, 2.45) is 11.8 Å². The SMILES string of the molecule is COc1ccc(-c2coc3c(OC)c(O)ccc3c2=O)cc1.c1cc2c(cc1C1OCC3C(c4ccc5c(c4)OCO5)OCC13)OCO2. The third-order valence-electron chi connectivity index (χ3n) is 9.19. The number of fused-ring (bicyclic) bond motifs is 4. The summed E-state index contributed by atoms with van der Waals surface area (Å²) in [5.74, 6) is 4.61. The second-order valence-electron chi connectivity index (χ2n) is 11.8. The maximum Gasteiger partial charge on any atom is 0.231 e. The van der Waals surface area contributed by atoms with Crippen LogP contribution in [0.15, 0.2) is 88.3 Å². The van der Waals surface area contributed by atoms with E-state index >= 15 is 0 Å². The van der Waals surface area contributed by atoms with E-state index < -0.39 is 0 Å². The molecule has 4 aliphatic heterocycles. The third kappa shape index (κ3) is 5.21. The van der Waals surface area contributed by atoms with Crippen LogP contribution in [0.2, 0.25) is 0 Å². The quantitative estimate of drug-likeness (QED) is 0.227. The van der Waals surface area contributed by atoms with Gasteiger partial charge < -0.3 is 47.4 Å². The van der Waals surface area contributed by atoms with E-state index in [0.29, 0.717) is 41.7 Å². The fraction of sp³-hybridized carbons (Fsp3) is 0.270. The van der Waals surface area contributed by atoms with Gasteiger partial charge in [-0.05, 0) is 65.2 Å². The van der Waals surface area contributed by atoms with Crippen molar-refractivity contribution >= 4 is 11.0 Å². The highest BCUT2D eigenvalue weighted by Gasteiger charge is 2.48. The molecule has 0 aliphatic carbocycles. The van der Waals surface area contributed by atoms with E-state index in [4.69, 9.17) is 42.3 Å². The lowest BCUT2D eigenvalue weighted by molar-refractivity contribution is 0.0192. The Kier molecular flexibility index (Phi) is 7.70. The van der Waals surface area contributed by atoms with Gasteiger partial charge in [-0.2, -0.15) is 0 Å². The van der Waals surface area contributed by atoms with Crippen LogP contribution in [-0.2, 0) is 9.47 Å². The average molecular weight is 653 g/mol. The minimum Gasteiger partial charge on any atom is -0.504 e. The van der Waals surface area contributed by atoms with Crippen LogP contribution < -0.4 is 33.8 Å². The van der Waals surface area contributed by atoms with Crippen molar-refractivity contribution in [3.63, 3.8) is 0 Å². The Morgan fingerprint density at radius 3 is 1.83 bits per heavy atom. The molecule has 48 heavy (non-hydrogen) atoms. The van der Waals surface area contributed by atoms with E-state index in [1.54, 1.807) is 31.4 Å². The molecule has 4 aromatic carbocycles. The van der Waals surface area contributed by atoms with E-state index in [-0.39, 0.29) is 48.3 Å². The van der Waals surface area contributed by atoms with Crippen LogP contribution in [0.1, 0.15) is 23.3 Å². The molecule has 0 spiro atoms. The summed E-state index contributed by atoms with van der Waals surface area (Å²) in [5.41, 5.74) is 3.44. The molecule has 4 atom stereocenters. The average Bonchev–Trinajstić information content (AvgIpc) is 3.93. The summed E-state index contributed by atoms with van der Waals surface area (Å²) in [5, 5.41) is 10.1. The highest BCUT2D eigenvalue weighted by Crippen LogP contribution is 2.52. The molecule has 9 rings (SSSR count). The topological polar surface area (TPSA) is 124 Å². The van der Waals surface area contributed by atoms with Gasteiger partial charge in [0.15, 0.2) is 34.3 Å². The minimum absolute atomic E-state index is 0.0218. The van der Waals surface area contributed by atoms with Crippen molar-refractivity contribution in [3.05, 3.63) is 100 Å². The molecule has 5 heterocycles. The van der Waals surface area contributed by atoms with Crippen LogP contribution in [0.25, 0.3) is 22.1 Å². The first-order chi connectivity index (χ1) is 23.5. The van der Waals surface area contributed by atoms with Gasteiger partial charge in [-0.3, -0.25) is 4.79 Å². The summed E-state index contributed by atoms with van der Waals surface area (Å²) in [4.78, 5) is 12.6. The van der Waals surface area contributed by atoms with E-state index in [0.717, 1.165) is 39.7 Å². The fourth-order valence-corrected chi connectivity index (χ4v) is 6.75. The maximum absolute atomic E-state index is 12.6. The summed E-state index contributed by atoms with van der Waals surface area (Å²) in [6.07, 6.45) is 1.41. The third-order valence-corrected chi connectivity index (χ3v) is 9.19. The smallest absolute Gasteiger partial charge is 0.231 e. The molecule has 11 heteroatoms. The Hall–Kier alpha value is -5.39. The lowest BCUT2D eigenvalue weighted by atomic mass is 9.85. The zero-order valence-corrected chi connectivity index (χ0v) is 26.2. The second kappa shape index (κ2) is 12.3. The molecule has 0 radical (unpaired) electrons. The van der Waals surface area contributed by atoms with Crippen LogP contribution >= 0.6 is 0 Å². The maximum atomic E-state index is 12.6. The number of methoxy groups -OCH3 is 2. The van der Waals surface area contributed by atoms with Gasteiger partial charge >= 0.3 is 0 Å². The predicted molar refractivity (Wildman–Crippen MR) is 172 cm³/mol. The number of ether oxygens (including phenoxy) is 8. The van der Waals surface area contributed by atoms with Crippen LogP contribution in [0.5, 0.6) is 40.2 Å². The zero-order chi connectivity index (χ0) is 32.8. The zero-order valence-electron chi connectivity index (χ0n) is 26.2. The number of aromatic hydroxyl groups is 1. The van der Waals surface area contributed by atoms with Crippen LogP contribution in [0.4, 0.5) is 0 Å². The van der Waals surface area contributed by atoms with Crippen molar-refractivity contribution < 1.29 is 47.4 Å². The highest BCUT2D eigenvalue weighted by molar-refractivity contribution is 5.88. The van der Waals surface area contributed by atoms with Gasteiger partial charge in [-0.1, -0.05) is 24.3 Å². The molecule has 1 aromatic heterocycles. The Labute approximate surface area is 275 Å². The first-order valence-corrected chi connectivity index (χ1v) is 15.5. The molecular formula is C37H32O11. The normalized spacial score (nSPS) is 21.5. The summed E-state index contributed by atoms with van der Waals surface area (Å²) in [7, 11) is 2.99. The van der Waals surface area contributed by atoms with Gasteiger partial charge in [-0.15, -0.1) is 0 Å². The number of phenolic OH excluding ortho intramolecular Hbond substituents is 1. The van der Waals surface area contributed by atoms with Crippen molar-refractivity contribution in [1.82, 2.24) is 0 Å². The molecule has 2 fully saturated rings. The Balaban J connectivity index is 0.000000143. The molecule has 1 N–H and O–H groups in total. The number of hydrogen-bond donors (Lipinski definition) is 1. The Morgan fingerprint density at radius 1 is 0.688 bits per heavy atom. The number of hydrogen-bond acceptors (Lipinski definition) is 11. The molecule has 4 aliphatic rings. The summed E-state index contributed by atoms with van der Waals surface area (Å²) < 4.78 is 49.9. The van der Waals surface area contributed by atoms with Gasteiger partial charge in [0.1, 0.15) is 12.0 Å². The molecule has 11 nitrogen and oxygen atoms in total. The first kappa shape index (κ1) is 30.0. The molecule has 0 amide bonds. The van der Waals surface area contributed by atoms with Crippen molar-refractivity contribution in [2.75, 3.05) is 41.0 Å². The lowest BCUT2D eigenvalue weighted by Gasteiger charge is -2.17. The Morgan fingerprint density at radius 2 is 1.27 bits per heavy atom. The standard InChI is InChI=1S/C20H18O6.C17H14O5/c1-3-15-17(25-9-23-15)5-11(1)19-13-7-22-20(14(13)8-21-19)12-2-4-16-18(6-12)26-10-24-16;1-20-11-5-3-10(4-6-11)13-9-22-16-12(15(13)19)7-8-14(18)17(16)21-2/h1-6,13-14,19-20H,7-10H2;3-9,18H,1-2H3. The van der Waals surface area contributed by atoms with Crippen molar-refractivity contribution in [1.29, 1.82) is 0 Å². The summed E-state index contributed by atoms with van der Waals surface area (Å²) >= 11 is 0. The number of phenols is 1. The second-order valence-corrected chi connectivity index (χ2v) is 11.8.